The molecule has 0 spiro atoms. The van der Waals surface area contributed by atoms with Crippen LogP contribution in [-0.2, 0) is 6.42 Å². The molecule has 6 nitrogen and oxygen atoms in total. The molecule has 0 amide bonds. The maximum absolute atomic E-state index is 12.3. The molecule has 0 atom stereocenters. The van der Waals surface area contributed by atoms with Crippen LogP contribution in [0.1, 0.15) is 17.0 Å². The van der Waals surface area contributed by atoms with E-state index in [0.29, 0.717) is 12.0 Å². The molecule has 1 N–H and O–H groups in total. The number of rotatable bonds is 7. The van der Waals surface area contributed by atoms with E-state index in [1.54, 1.807) is 6.08 Å². The Balaban J connectivity index is 1.75. The molecule has 0 bridgehead atoms. The van der Waals surface area contributed by atoms with Gasteiger partial charge in [0.1, 0.15) is 11.5 Å². The lowest BCUT2D eigenvalue weighted by atomic mass is 10.1. The fraction of sp³-hybridized carbons (Fsp3) is 0.227. The van der Waals surface area contributed by atoms with Crippen molar-refractivity contribution in [1.82, 2.24) is 15.0 Å². The molecule has 2 aromatic carbocycles. The summed E-state index contributed by atoms with van der Waals surface area (Å²) in [7, 11) is 3.77. The third kappa shape index (κ3) is 6.18. The highest BCUT2D eigenvalue weighted by molar-refractivity contribution is 6.03. The van der Waals surface area contributed by atoms with E-state index < -0.39 is 6.36 Å². The van der Waals surface area contributed by atoms with Gasteiger partial charge in [0.15, 0.2) is 0 Å². The fourth-order valence-electron chi connectivity index (χ4n) is 2.74. The van der Waals surface area contributed by atoms with Gasteiger partial charge in [0.25, 0.3) is 5.89 Å². The third-order valence-electron chi connectivity index (χ3n) is 4.39. The molecule has 31 heavy (non-hydrogen) atoms. The summed E-state index contributed by atoms with van der Waals surface area (Å²) in [5.74, 6) is -0.173. The van der Waals surface area contributed by atoms with Crippen molar-refractivity contribution >= 4 is 5.71 Å². The Hall–Kier alpha value is -3.62. The van der Waals surface area contributed by atoms with Gasteiger partial charge in [0, 0.05) is 31.8 Å². The third-order valence-corrected chi connectivity index (χ3v) is 4.39. The van der Waals surface area contributed by atoms with Crippen LogP contribution in [0.4, 0.5) is 13.2 Å². The number of hydrogen-bond donors (Lipinski definition) is 1. The zero-order valence-corrected chi connectivity index (χ0v) is 17.2. The Kier molecular flexibility index (Phi) is 6.43. The first-order chi connectivity index (χ1) is 14.6. The first-order valence-corrected chi connectivity index (χ1v) is 9.33. The molecule has 0 fully saturated rings. The average molecular weight is 430 g/mol. The number of ether oxygens (including phenoxy) is 1. The molecule has 0 radical (unpaired) electrons. The van der Waals surface area contributed by atoms with Crippen molar-refractivity contribution in [2.45, 2.75) is 19.7 Å². The van der Waals surface area contributed by atoms with Crippen molar-refractivity contribution in [2.75, 3.05) is 14.1 Å². The number of alkyl halides is 3. The summed E-state index contributed by atoms with van der Waals surface area (Å²) in [5, 5.41) is 12.1. The van der Waals surface area contributed by atoms with Crippen LogP contribution in [0.2, 0.25) is 0 Å². The van der Waals surface area contributed by atoms with Gasteiger partial charge in [-0.2, -0.15) is 4.98 Å². The van der Waals surface area contributed by atoms with Crippen LogP contribution < -0.4 is 4.74 Å². The molecule has 0 saturated carbocycles. The van der Waals surface area contributed by atoms with Crippen molar-refractivity contribution < 1.29 is 22.4 Å². The Morgan fingerprint density at radius 1 is 1.10 bits per heavy atom. The standard InChI is InChI=1S/C22H21F3N4O2/c1-14-4-6-15(7-5-14)12-17(29(2)3)13-19(26)21-27-20(28-31-21)16-8-10-18(11-9-16)30-22(23,24)25/h4-11,13,26H,12H2,1-3H3/b17-13-,26-19?. The Morgan fingerprint density at radius 3 is 2.32 bits per heavy atom. The van der Waals surface area contributed by atoms with E-state index in [1.165, 1.54) is 17.7 Å². The second-order valence-electron chi connectivity index (χ2n) is 7.10. The number of nitrogens with zero attached hydrogens (tertiary/aromatic N) is 3. The number of likely N-dealkylation sites (N-methyl/N-ethyl adjacent to an activating group) is 1. The summed E-state index contributed by atoms with van der Waals surface area (Å²) in [4.78, 5) is 6.10. The quantitative estimate of drug-likeness (QED) is 0.534. The minimum absolute atomic E-state index is 0.00822. The summed E-state index contributed by atoms with van der Waals surface area (Å²) in [5.41, 5.74) is 3.62. The van der Waals surface area contributed by atoms with Crippen molar-refractivity contribution in [1.29, 1.82) is 5.41 Å². The normalized spacial score (nSPS) is 12.0. The second-order valence-corrected chi connectivity index (χ2v) is 7.10. The Labute approximate surface area is 177 Å². The second kappa shape index (κ2) is 9.03. The number of halogens is 3. The molecular weight excluding hydrogens is 409 g/mol. The molecule has 1 heterocycles. The predicted octanol–water partition coefficient (Wildman–Crippen LogP) is 5.00. The van der Waals surface area contributed by atoms with Gasteiger partial charge in [-0.25, -0.2) is 0 Å². The van der Waals surface area contributed by atoms with E-state index in [1.807, 2.05) is 50.2 Å². The van der Waals surface area contributed by atoms with Crippen LogP contribution in [0.15, 0.2) is 64.8 Å². The van der Waals surface area contributed by atoms with E-state index in [-0.39, 0.29) is 23.2 Å². The highest BCUT2D eigenvalue weighted by Gasteiger charge is 2.31. The van der Waals surface area contributed by atoms with E-state index in [2.05, 4.69) is 14.9 Å². The van der Waals surface area contributed by atoms with Gasteiger partial charge in [-0.15, -0.1) is 13.2 Å². The lowest BCUT2D eigenvalue weighted by molar-refractivity contribution is -0.274. The monoisotopic (exact) mass is 430 g/mol. The summed E-state index contributed by atoms with van der Waals surface area (Å²) >= 11 is 0. The van der Waals surface area contributed by atoms with Gasteiger partial charge in [-0.3, -0.25) is 5.41 Å². The number of aryl methyl sites for hydroxylation is 1. The maximum Gasteiger partial charge on any atom is 0.573 e. The molecule has 1 aromatic heterocycles. The highest BCUT2D eigenvalue weighted by atomic mass is 19.4. The van der Waals surface area contributed by atoms with Crippen molar-refractivity contribution in [3.63, 3.8) is 0 Å². The smallest absolute Gasteiger partial charge is 0.406 e. The van der Waals surface area contributed by atoms with Crippen LogP contribution in [-0.4, -0.2) is 41.2 Å². The molecule has 0 saturated heterocycles. The summed E-state index contributed by atoms with van der Waals surface area (Å²) in [6, 6.07) is 13.2. The zero-order valence-electron chi connectivity index (χ0n) is 17.2. The predicted molar refractivity (Wildman–Crippen MR) is 110 cm³/mol. The number of aromatic nitrogens is 2. The Bertz CT molecular complexity index is 1070. The van der Waals surface area contributed by atoms with Gasteiger partial charge in [-0.1, -0.05) is 35.0 Å². The van der Waals surface area contributed by atoms with Gasteiger partial charge in [0.2, 0.25) is 5.82 Å². The van der Waals surface area contributed by atoms with E-state index in [0.717, 1.165) is 23.4 Å². The number of nitrogens with one attached hydrogen (secondary N) is 1. The first-order valence-electron chi connectivity index (χ1n) is 9.33. The van der Waals surface area contributed by atoms with Crippen molar-refractivity contribution in [2.24, 2.45) is 0 Å². The molecular formula is C22H21F3N4O2. The average Bonchev–Trinajstić information content (AvgIpc) is 3.18. The van der Waals surface area contributed by atoms with Crippen LogP contribution >= 0.6 is 0 Å². The number of allylic oxidation sites excluding steroid dienone is 2. The molecule has 0 aliphatic rings. The maximum atomic E-state index is 12.3. The first kappa shape index (κ1) is 22.1. The molecule has 3 rings (SSSR count). The van der Waals surface area contributed by atoms with Gasteiger partial charge >= 0.3 is 6.36 Å². The minimum Gasteiger partial charge on any atom is -0.406 e. The minimum atomic E-state index is -4.76. The summed E-state index contributed by atoms with van der Waals surface area (Å²) in [6.07, 6.45) is -2.49. The van der Waals surface area contributed by atoms with Crippen LogP contribution in [0.3, 0.4) is 0 Å². The summed E-state index contributed by atoms with van der Waals surface area (Å²) in [6.45, 7) is 2.02. The molecule has 9 heteroatoms. The fourth-order valence-corrected chi connectivity index (χ4v) is 2.74. The topological polar surface area (TPSA) is 75.2 Å². The van der Waals surface area contributed by atoms with Crippen LogP contribution in [0, 0.1) is 12.3 Å². The van der Waals surface area contributed by atoms with Crippen molar-refractivity contribution in [3.8, 4) is 17.1 Å². The molecule has 3 aromatic rings. The van der Waals surface area contributed by atoms with Gasteiger partial charge in [0.05, 0.1) is 0 Å². The van der Waals surface area contributed by atoms with Crippen LogP contribution in [0.5, 0.6) is 5.75 Å². The summed E-state index contributed by atoms with van der Waals surface area (Å²) < 4.78 is 45.9. The van der Waals surface area contributed by atoms with Crippen LogP contribution in [0.25, 0.3) is 11.4 Å². The molecule has 0 aliphatic heterocycles. The van der Waals surface area contributed by atoms with Crippen molar-refractivity contribution in [3.05, 3.63) is 77.3 Å². The lowest BCUT2D eigenvalue weighted by Gasteiger charge is -2.17. The molecule has 0 unspecified atom stereocenters. The highest BCUT2D eigenvalue weighted by Crippen LogP contribution is 2.25. The largest absolute Gasteiger partial charge is 0.573 e. The molecule has 0 aliphatic carbocycles. The lowest BCUT2D eigenvalue weighted by Crippen LogP contribution is -2.16. The zero-order chi connectivity index (χ0) is 22.6. The Morgan fingerprint density at radius 2 is 1.74 bits per heavy atom. The van der Waals surface area contributed by atoms with E-state index in [9.17, 15) is 13.2 Å². The van der Waals surface area contributed by atoms with Gasteiger partial charge < -0.3 is 14.2 Å². The SMILES string of the molecule is Cc1ccc(C/C(=C/C(=N)c2nc(-c3ccc(OC(F)(F)F)cc3)no2)N(C)C)cc1. The molecule has 162 valence electrons. The van der Waals surface area contributed by atoms with E-state index >= 15 is 0 Å². The number of benzene rings is 2. The van der Waals surface area contributed by atoms with E-state index in [4.69, 9.17) is 9.93 Å². The van der Waals surface area contributed by atoms with Gasteiger partial charge in [-0.05, 0) is 42.8 Å². The number of hydrogen-bond acceptors (Lipinski definition) is 6.